The maximum absolute atomic E-state index is 11.5. The third-order valence-corrected chi connectivity index (χ3v) is 4.07. The van der Waals surface area contributed by atoms with Crippen molar-refractivity contribution in [1.29, 1.82) is 0 Å². The van der Waals surface area contributed by atoms with Gasteiger partial charge in [-0.1, -0.05) is 65.2 Å². The number of rotatable bonds is 17. The van der Waals surface area contributed by atoms with Crippen molar-refractivity contribution >= 4 is 11.9 Å². The van der Waals surface area contributed by atoms with E-state index in [4.69, 9.17) is 9.47 Å². The maximum Gasteiger partial charge on any atom is 0.311 e. The van der Waals surface area contributed by atoms with E-state index in [0.717, 1.165) is 25.7 Å². The predicted octanol–water partition coefficient (Wildman–Crippen LogP) is 6.60. The van der Waals surface area contributed by atoms with Gasteiger partial charge in [-0.05, 0) is 37.8 Å². The predicted molar refractivity (Wildman–Crippen MR) is 106 cm³/mol. The van der Waals surface area contributed by atoms with Crippen LogP contribution in [0.25, 0.3) is 0 Å². The Hall–Kier alpha value is -1.58. The van der Waals surface area contributed by atoms with Crippen LogP contribution in [0.5, 0.6) is 0 Å². The average Bonchev–Trinajstić information content (AvgIpc) is 2.64. The van der Waals surface area contributed by atoms with Crippen molar-refractivity contribution in [3.63, 3.8) is 0 Å². The summed E-state index contributed by atoms with van der Waals surface area (Å²) in [5, 5.41) is 0. The summed E-state index contributed by atoms with van der Waals surface area (Å²) in [6.07, 6.45) is 20.8. The number of allylic oxidation sites excluding steroid dienone is 2. The van der Waals surface area contributed by atoms with Gasteiger partial charge in [0.25, 0.3) is 0 Å². The van der Waals surface area contributed by atoms with Crippen molar-refractivity contribution in [2.24, 2.45) is 0 Å². The first-order valence-corrected chi connectivity index (χ1v) is 10.4. The molecular formula is C22H38O4. The topological polar surface area (TPSA) is 52.6 Å². The number of carbonyl (C=O) groups is 2. The van der Waals surface area contributed by atoms with E-state index in [1.807, 2.05) is 12.2 Å². The maximum atomic E-state index is 11.5. The second-order valence-corrected chi connectivity index (χ2v) is 6.63. The molecule has 0 aliphatic carbocycles. The largest absolute Gasteiger partial charge is 0.435 e. The van der Waals surface area contributed by atoms with Crippen LogP contribution in [0.2, 0.25) is 0 Å². The molecule has 0 atom stereocenters. The molecule has 0 aliphatic heterocycles. The SMILES string of the molecule is CCCCCCCC=COC(=O)CCC(=O)OC=CCCCCCCC. The third kappa shape index (κ3) is 18.8. The van der Waals surface area contributed by atoms with E-state index in [2.05, 4.69) is 13.8 Å². The highest BCUT2D eigenvalue weighted by molar-refractivity contribution is 5.78. The van der Waals surface area contributed by atoms with Crippen LogP contribution < -0.4 is 0 Å². The molecule has 0 radical (unpaired) electrons. The van der Waals surface area contributed by atoms with Crippen LogP contribution in [0.3, 0.4) is 0 Å². The Bertz CT molecular complexity index is 361. The molecule has 150 valence electrons. The van der Waals surface area contributed by atoms with Gasteiger partial charge in [0.2, 0.25) is 0 Å². The van der Waals surface area contributed by atoms with E-state index in [1.54, 1.807) is 0 Å². The second kappa shape index (κ2) is 19.7. The molecule has 0 rings (SSSR count). The van der Waals surface area contributed by atoms with E-state index < -0.39 is 11.9 Å². The Labute approximate surface area is 160 Å². The number of hydrogen-bond acceptors (Lipinski definition) is 4. The molecule has 0 saturated heterocycles. The molecule has 0 amide bonds. The van der Waals surface area contributed by atoms with Crippen molar-refractivity contribution in [1.82, 2.24) is 0 Å². The molecule has 0 aromatic heterocycles. The van der Waals surface area contributed by atoms with Gasteiger partial charge in [0.1, 0.15) is 0 Å². The Morgan fingerprint density at radius 1 is 0.615 bits per heavy atom. The standard InChI is InChI=1S/C22H38O4/c1-3-5-7-9-11-13-15-19-25-21(23)17-18-22(24)26-20-16-14-12-10-8-6-4-2/h15-16,19-20H,3-14,17-18H2,1-2H3. The van der Waals surface area contributed by atoms with Crippen molar-refractivity contribution < 1.29 is 19.1 Å². The zero-order valence-corrected chi connectivity index (χ0v) is 16.8. The Balaban J connectivity index is 3.53. The molecule has 4 nitrogen and oxygen atoms in total. The lowest BCUT2D eigenvalue weighted by Crippen LogP contribution is -2.06. The van der Waals surface area contributed by atoms with E-state index in [1.165, 1.54) is 63.9 Å². The van der Waals surface area contributed by atoms with Gasteiger partial charge in [0, 0.05) is 0 Å². The first-order valence-electron chi connectivity index (χ1n) is 10.4. The van der Waals surface area contributed by atoms with E-state index in [-0.39, 0.29) is 12.8 Å². The van der Waals surface area contributed by atoms with Gasteiger partial charge in [0.05, 0.1) is 25.4 Å². The molecule has 0 unspecified atom stereocenters. The van der Waals surface area contributed by atoms with Crippen LogP contribution in [0.15, 0.2) is 24.7 Å². The van der Waals surface area contributed by atoms with Crippen LogP contribution in [-0.2, 0) is 19.1 Å². The van der Waals surface area contributed by atoms with E-state index >= 15 is 0 Å². The van der Waals surface area contributed by atoms with Crippen LogP contribution in [-0.4, -0.2) is 11.9 Å². The molecule has 0 N–H and O–H groups in total. The van der Waals surface area contributed by atoms with Gasteiger partial charge in [-0.25, -0.2) is 0 Å². The molecule has 0 aromatic carbocycles. The first-order chi connectivity index (χ1) is 12.7. The van der Waals surface area contributed by atoms with Crippen LogP contribution in [0.1, 0.15) is 104 Å². The van der Waals surface area contributed by atoms with Crippen LogP contribution >= 0.6 is 0 Å². The van der Waals surface area contributed by atoms with Crippen molar-refractivity contribution in [2.75, 3.05) is 0 Å². The molecule has 0 saturated carbocycles. The minimum atomic E-state index is -0.399. The molecule has 0 bridgehead atoms. The summed E-state index contributed by atoms with van der Waals surface area (Å²) < 4.78 is 9.93. The summed E-state index contributed by atoms with van der Waals surface area (Å²) >= 11 is 0. The van der Waals surface area contributed by atoms with Gasteiger partial charge < -0.3 is 9.47 Å². The fraction of sp³-hybridized carbons (Fsp3) is 0.727. The average molecular weight is 367 g/mol. The van der Waals surface area contributed by atoms with Gasteiger partial charge >= 0.3 is 11.9 Å². The molecule has 4 heteroatoms. The van der Waals surface area contributed by atoms with Gasteiger partial charge in [0.15, 0.2) is 0 Å². The zero-order valence-electron chi connectivity index (χ0n) is 16.8. The zero-order chi connectivity index (χ0) is 19.3. The summed E-state index contributed by atoms with van der Waals surface area (Å²) in [6, 6.07) is 0. The summed E-state index contributed by atoms with van der Waals surface area (Å²) in [7, 11) is 0. The normalized spacial score (nSPS) is 11.3. The van der Waals surface area contributed by atoms with E-state index in [0.29, 0.717) is 0 Å². The first kappa shape index (κ1) is 24.4. The summed E-state index contributed by atoms with van der Waals surface area (Å²) in [6.45, 7) is 4.39. The minimum Gasteiger partial charge on any atom is -0.435 e. The lowest BCUT2D eigenvalue weighted by Gasteiger charge is -2.00. The van der Waals surface area contributed by atoms with Crippen LogP contribution in [0, 0.1) is 0 Å². The van der Waals surface area contributed by atoms with Gasteiger partial charge in [-0.15, -0.1) is 0 Å². The smallest absolute Gasteiger partial charge is 0.311 e. The van der Waals surface area contributed by atoms with E-state index in [9.17, 15) is 9.59 Å². The molecule has 0 fully saturated rings. The van der Waals surface area contributed by atoms with Gasteiger partial charge in [-0.3, -0.25) is 9.59 Å². The lowest BCUT2D eigenvalue weighted by molar-refractivity contribution is -0.144. The number of esters is 2. The third-order valence-electron chi connectivity index (χ3n) is 4.07. The molecule has 26 heavy (non-hydrogen) atoms. The Kier molecular flexibility index (Phi) is 18.5. The number of hydrogen-bond donors (Lipinski definition) is 0. The highest BCUT2D eigenvalue weighted by Crippen LogP contribution is 2.06. The van der Waals surface area contributed by atoms with Crippen molar-refractivity contribution in [2.45, 2.75) is 104 Å². The number of ether oxygens (including phenoxy) is 2. The summed E-state index contributed by atoms with van der Waals surface area (Å²) in [5.41, 5.74) is 0. The van der Waals surface area contributed by atoms with Crippen LogP contribution in [0.4, 0.5) is 0 Å². The van der Waals surface area contributed by atoms with Crippen molar-refractivity contribution in [3.8, 4) is 0 Å². The fourth-order valence-corrected chi connectivity index (χ4v) is 2.44. The highest BCUT2D eigenvalue weighted by Gasteiger charge is 2.07. The second-order valence-electron chi connectivity index (χ2n) is 6.63. The van der Waals surface area contributed by atoms with Crippen molar-refractivity contribution in [3.05, 3.63) is 24.7 Å². The molecule has 0 spiro atoms. The number of carbonyl (C=O) groups excluding carboxylic acids is 2. The fourth-order valence-electron chi connectivity index (χ4n) is 2.44. The summed E-state index contributed by atoms with van der Waals surface area (Å²) in [4.78, 5) is 23.0. The molecule has 0 aromatic rings. The quantitative estimate of drug-likeness (QED) is 0.165. The monoisotopic (exact) mass is 366 g/mol. The molecule has 0 heterocycles. The molecule has 0 aliphatic rings. The Morgan fingerprint density at radius 3 is 1.38 bits per heavy atom. The van der Waals surface area contributed by atoms with Gasteiger partial charge in [-0.2, -0.15) is 0 Å². The number of unbranched alkanes of at least 4 members (excludes halogenated alkanes) is 10. The molecular weight excluding hydrogens is 328 g/mol. The minimum absolute atomic E-state index is 0.0462. The summed E-state index contributed by atoms with van der Waals surface area (Å²) in [5.74, 6) is -0.798. The Morgan fingerprint density at radius 2 is 1.00 bits per heavy atom. The highest BCUT2D eigenvalue weighted by atomic mass is 16.5. The lowest BCUT2D eigenvalue weighted by atomic mass is 10.1.